The Hall–Kier alpha value is -2.16. The summed E-state index contributed by atoms with van der Waals surface area (Å²) >= 11 is 1.20. The molecule has 1 aliphatic rings. The minimum Gasteiger partial charge on any atom is -0.493 e. The number of rotatable bonds is 7. The van der Waals surface area contributed by atoms with Crippen LogP contribution in [0.15, 0.2) is 52.1 Å². The van der Waals surface area contributed by atoms with Crippen molar-refractivity contribution < 1.29 is 17.9 Å². The van der Waals surface area contributed by atoms with Gasteiger partial charge in [-0.1, -0.05) is 24.3 Å². The van der Waals surface area contributed by atoms with E-state index in [-0.39, 0.29) is 11.9 Å². The number of ether oxygens (including phenoxy) is 1. The first-order chi connectivity index (χ1) is 13.5. The number of hydrogen-bond donors (Lipinski definition) is 1. The van der Waals surface area contributed by atoms with Crippen LogP contribution in [0.3, 0.4) is 0 Å². The van der Waals surface area contributed by atoms with Crippen molar-refractivity contribution in [1.82, 2.24) is 9.62 Å². The van der Waals surface area contributed by atoms with Crippen LogP contribution in [-0.4, -0.2) is 45.0 Å². The summed E-state index contributed by atoms with van der Waals surface area (Å²) in [7, 11) is -3.47. The van der Waals surface area contributed by atoms with Gasteiger partial charge in [0.15, 0.2) is 0 Å². The number of benzene rings is 1. The number of nitrogens with one attached hydrogen (secondary N) is 1. The summed E-state index contributed by atoms with van der Waals surface area (Å²) in [5.41, 5.74) is 0.858. The van der Waals surface area contributed by atoms with Crippen molar-refractivity contribution in [3.05, 3.63) is 53.4 Å². The number of para-hydroxylation sites is 1. The molecule has 0 saturated carbocycles. The number of nitrogens with zero attached hydrogens (tertiary/aromatic N) is 1. The van der Waals surface area contributed by atoms with Gasteiger partial charge in [-0.15, -0.1) is 11.3 Å². The normalized spacial score (nSPS) is 15.8. The third-order valence-electron chi connectivity index (χ3n) is 4.51. The molecule has 0 unspecified atom stereocenters. The van der Waals surface area contributed by atoms with Gasteiger partial charge in [0.25, 0.3) is 0 Å². The lowest BCUT2D eigenvalue weighted by Gasteiger charge is -2.31. The highest BCUT2D eigenvalue weighted by Gasteiger charge is 2.26. The van der Waals surface area contributed by atoms with Crippen LogP contribution in [0.4, 0.5) is 0 Å². The Morgan fingerprint density at radius 1 is 1.25 bits per heavy atom. The lowest BCUT2D eigenvalue weighted by molar-refractivity contribution is -0.126. The lowest BCUT2D eigenvalue weighted by atomic mass is 10.1. The molecule has 1 aliphatic heterocycles. The second-order valence-electron chi connectivity index (χ2n) is 6.46. The molecule has 1 N–H and O–H groups in total. The molecule has 1 aromatic heterocycles. The van der Waals surface area contributed by atoms with Gasteiger partial charge in [0.2, 0.25) is 15.9 Å². The SMILES string of the molecule is CCOc1ccccc1/C=C/C(=O)N1CCC(NS(=O)(=O)c2cccs2)CC1. The van der Waals surface area contributed by atoms with Crippen LogP contribution in [0, 0.1) is 0 Å². The van der Waals surface area contributed by atoms with Crippen LogP contribution in [0.5, 0.6) is 5.75 Å². The summed E-state index contributed by atoms with van der Waals surface area (Å²) in [5, 5.41) is 1.74. The number of carbonyl (C=O) groups is 1. The van der Waals surface area contributed by atoms with E-state index in [2.05, 4.69) is 4.72 Å². The van der Waals surface area contributed by atoms with Crippen molar-refractivity contribution in [3.8, 4) is 5.75 Å². The fraction of sp³-hybridized carbons (Fsp3) is 0.350. The molecule has 1 saturated heterocycles. The van der Waals surface area contributed by atoms with Gasteiger partial charge in [0, 0.05) is 30.8 Å². The quantitative estimate of drug-likeness (QED) is 0.699. The van der Waals surface area contributed by atoms with Crippen LogP contribution >= 0.6 is 11.3 Å². The van der Waals surface area contributed by atoms with Crippen LogP contribution in [0.2, 0.25) is 0 Å². The zero-order valence-corrected chi connectivity index (χ0v) is 17.3. The highest BCUT2D eigenvalue weighted by Crippen LogP contribution is 2.21. The summed E-state index contributed by atoms with van der Waals surface area (Å²) < 4.78 is 33.3. The first kappa shape index (κ1) is 20.6. The van der Waals surface area contributed by atoms with Gasteiger partial charge in [-0.05, 0) is 43.4 Å². The average Bonchev–Trinajstić information content (AvgIpc) is 3.23. The summed E-state index contributed by atoms with van der Waals surface area (Å²) in [6, 6.07) is 10.7. The molecule has 2 aromatic rings. The van der Waals surface area contributed by atoms with Gasteiger partial charge in [0.1, 0.15) is 9.96 Å². The minimum absolute atomic E-state index is 0.0779. The second-order valence-corrected chi connectivity index (χ2v) is 9.35. The third-order valence-corrected chi connectivity index (χ3v) is 7.43. The Kier molecular flexibility index (Phi) is 6.88. The minimum atomic E-state index is -3.47. The average molecular weight is 421 g/mol. The molecular formula is C20H24N2O4S2. The molecule has 0 spiro atoms. The summed E-state index contributed by atoms with van der Waals surface area (Å²) in [6.45, 7) is 3.53. The lowest BCUT2D eigenvalue weighted by Crippen LogP contribution is -2.46. The third kappa shape index (κ3) is 5.21. The molecule has 1 aromatic carbocycles. The van der Waals surface area contributed by atoms with Crippen molar-refractivity contribution in [3.63, 3.8) is 0 Å². The van der Waals surface area contributed by atoms with E-state index in [0.29, 0.717) is 36.7 Å². The highest BCUT2D eigenvalue weighted by molar-refractivity contribution is 7.91. The number of sulfonamides is 1. The summed E-state index contributed by atoms with van der Waals surface area (Å²) in [4.78, 5) is 14.2. The first-order valence-corrected chi connectivity index (χ1v) is 11.6. The topological polar surface area (TPSA) is 75.7 Å². The molecule has 0 atom stereocenters. The molecule has 3 rings (SSSR count). The molecule has 6 nitrogen and oxygen atoms in total. The Balaban J connectivity index is 1.54. The predicted octanol–water partition coefficient (Wildman–Crippen LogP) is 3.13. The van der Waals surface area contributed by atoms with E-state index >= 15 is 0 Å². The Bertz CT molecular complexity index is 915. The molecule has 1 fully saturated rings. The Labute approximate surface area is 169 Å². The van der Waals surface area contributed by atoms with Gasteiger partial charge in [-0.3, -0.25) is 4.79 Å². The molecule has 150 valence electrons. The van der Waals surface area contributed by atoms with Crippen molar-refractivity contribution in [2.24, 2.45) is 0 Å². The van der Waals surface area contributed by atoms with Crippen LogP contribution in [0.1, 0.15) is 25.3 Å². The summed E-state index contributed by atoms with van der Waals surface area (Å²) in [6.07, 6.45) is 4.51. The van der Waals surface area contributed by atoms with Crippen LogP contribution < -0.4 is 9.46 Å². The van der Waals surface area contributed by atoms with Gasteiger partial charge < -0.3 is 9.64 Å². The molecule has 8 heteroatoms. The van der Waals surface area contributed by atoms with Crippen molar-refractivity contribution >= 4 is 33.3 Å². The maximum atomic E-state index is 12.5. The second kappa shape index (κ2) is 9.36. The molecule has 2 heterocycles. The highest BCUT2D eigenvalue weighted by atomic mass is 32.2. The van der Waals surface area contributed by atoms with E-state index in [9.17, 15) is 13.2 Å². The van der Waals surface area contributed by atoms with Gasteiger partial charge in [-0.2, -0.15) is 0 Å². The molecule has 0 bridgehead atoms. The molecule has 1 amide bonds. The van der Waals surface area contributed by atoms with E-state index in [0.717, 1.165) is 11.3 Å². The van der Waals surface area contributed by atoms with E-state index in [1.54, 1.807) is 34.6 Å². The monoisotopic (exact) mass is 420 g/mol. The largest absolute Gasteiger partial charge is 0.493 e. The van der Waals surface area contributed by atoms with Gasteiger partial charge >= 0.3 is 0 Å². The number of thiophene rings is 1. The van der Waals surface area contributed by atoms with E-state index in [1.807, 2.05) is 31.2 Å². The predicted molar refractivity (Wildman–Crippen MR) is 111 cm³/mol. The fourth-order valence-electron chi connectivity index (χ4n) is 3.08. The number of amides is 1. The number of likely N-dealkylation sites (tertiary alicyclic amines) is 1. The zero-order valence-electron chi connectivity index (χ0n) is 15.7. The van der Waals surface area contributed by atoms with E-state index in [4.69, 9.17) is 4.74 Å². The molecule has 0 aliphatic carbocycles. The maximum Gasteiger partial charge on any atom is 0.250 e. The number of carbonyl (C=O) groups excluding carboxylic acids is 1. The van der Waals surface area contributed by atoms with E-state index < -0.39 is 10.0 Å². The smallest absolute Gasteiger partial charge is 0.250 e. The zero-order chi connectivity index (χ0) is 20.0. The van der Waals surface area contributed by atoms with E-state index in [1.165, 1.54) is 11.3 Å². The van der Waals surface area contributed by atoms with Gasteiger partial charge in [0.05, 0.1) is 6.61 Å². The number of hydrogen-bond acceptors (Lipinski definition) is 5. The Morgan fingerprint density at radius 3 is 2.68 bits per heavy atom. The summed E-state index contributed by atoms with van der Waals surface area (Å²) in [5.74, 6) is 0.668. The molecule has 28 heavy (non-hydrogen) atoms. The standard InChI is InChI=1S/C20H24N2O4S2/c1-2-26-18-7-4-3-6-16(18)9-10-19(23)22-13-11-17(12-14-22)21-28(24,25)20-8-5-15-27-20/h3-10,15,17,21H,2,11-14H2,1H3/b10-9+. The van der Waals surface area contributed by atoms with Crippen molar-refractivity contribution in [1.29, 1.82) is 0 Å². The molecular weight excluding hydrogens is 396 g/mol. The van der Waals surface area contributed by atoms with Crippen LogP contribution in [0.25, 0.3) is 6.08 Å². The number of piperidine rings is 1. The first-order valence-electron chi connectivity index (χ1n) is 9.24. The van der Waals surface area contributed by atoms with Crippen LogP contribution in [-0.2, 0) is 14.8 Å². The van der Waals surface area contributed by atoms with Gasteiger partial charge in [-0.25, -0.2) is 13.1 Å². The van der Waals surface area contributed by atoms with Crippen molar-refractivity contribution in [2.45, 2.75) is 30.0 Å². The Morgan fingerprint density at radius 2 is 2.00 bits per heavy atom. The fourth-order valence-corrected chi connectivity index (χ4v) is 5.40. The van der Waals surface area contributed by atoms with Crippen molar-refractivity contribution in [2.75, 3.05) is 19.7 Å². The molecule has 0 radical (unpaired) electrons. The maximum absolute atomic E-state index is 12.5.